The molecule has 104 valence electrons. The van der Waals surface area contributed by atoms with E-state index in [9.17, 15) is 0 Å². The minimum absolute atomic E-state index is 0.172. The highest BCUT2D eigenvalue weighted by Crippen LogP contribution is 2.26. The van der Waals surface area contributed by atoms with Gasteiger partial charge in [0.05, 0.1) is 17.1 Å². The van der Waals surface area contributed by atoms with Crippen molar-refractivity contribution in [2.24, 2.45) is 5.73 Å². The van der Waals surface area contributed by atoms with Crippen molar-refractivity contribution in [2.45, 2.75) is 11.1 Å². The van der Waals surface area contributed by atoms with Crippen LogP contribution in [0, 0.1) is 0 Å². The van der Waals surface area contributed by atoms with E-state index >= 15 is 0 Å². The van der Waals surface area contributed by atoms with Gasteiger partial charge in [0.1, 0.15) is 0 Å². The molecule has 0 amide bonds. The maximum atomic E-state index is 6.17. The summed E-state index contributed by atoms with van der Waals surface area (Å²) in [5, 5.41) is 6.20. The van der Waals surface area contributed by atoms with Gasteiger partial charge in [-0.1, -0.05) is 0 Å². The molecule has 0 saturated carbocycles. The summed E-state index contributed by atoms with van der Waals surface area (Å²) < 4.78 is 0. The van der Waals surface area contributed by atoms with Crippen molar-refractivity contribution in [3.63, 3.8) is 0 Å². The van der Waals surface area contributed by atoms with E-state index in [1.807, 2.05) is 0 Å². The Hall–Kier alpha value is 1.33. The molecular weight excluding hydrogens is 327 g/mol. The highest BCUT2D eigenvalue weighted by atomic mass is 35.5. The molecular formula is C9H18Cl5N3. The molecule has 0 unspecified atom stereocenters. The second-order valence-corrected chi connectivity index (χ2v) is 5.17. The van der Waals surface area contributed by atoms with Gasteiger partial charge in [0.25, 0.3) is 0 Å². The van der Waals surface area contributed by atoms with Crippen LogP contribution in [-0.4, -0.2) is 53.7 Å². The molecule has 0 fully saturated rings. The van der Waals surface area contributed by atoms with Crippen molar-refractivity contribution in [1.82, 2.24) is 10.6 Å². The molecule has 0 aromatic heterocycles. The molecule has 0 radical (unpaired) electrons. The lowest BCUT2D eigenvalue weighted by atomic mass is 9.82. The first-order valence-electron chi connectivity index (χ1n) is 5.10. The first kappa shape index (κ1) is 18.3. The van der Waals surface area contributed by atoms with E-state index in [-0.39, 0.29) is 23.5 Å². The molecule has 0 saturated heterocycles. The number of halogens is 5. The van der Waals surface area contributed by atoms with Gasteiger partial charge >= 0.3 is 0 Å². The first-order chi connectivity index (χ1) is 8.05. The smallest absolute Gasteiger partial charge is 0.0713 e. The normalized spacial score (nSPS) is 13.1. The van der Waals surface area contributed by atoms with E-state index in [0.717, 1.165) is 0 Å². The van der Waals surface area contributed by atoms with Crippen LogP contribution in [0.2, 0.25) is 0 Å². The summed E-state index contributed by atoms with van der Waals surface area (Å²) in [6, 6.07) is 0.384. The SMILES string of the molecule is NC(CCl)(CCl)C(CCl)(CCl)NCCNCCl. The molecule has 17 heavy (non-hydrogen) atoms. The summed E-state index contributed by atoms with van der Waals surface area (Å²) >= 11 is 29.3. The fraction of sp³-hybridized carbons (Fsp3) is 1.00. The van der Waals surface area contributed by atoms with E-state index in [1.54, 1.807) is 0 Å². The fourth-order valence-electron chi connectivity index (χ4n) is 1.32. The number of hydrogen-bond donors (Lipinski definition) is 3. The van der Waals surface area contributed by atoms with Crippen molar-refractivity contribution in [3.8, 4) is 0 Å². The second kappa shape index (κ2) is 9.27. The Morgan fingerprint density at radius 1 is 0.824 bits per heavy atom. The fourth-order valence-corrected chi connectivity index (χ4v) is 3.26. The number of alkyl halides is 5. The Balaban J connectivity index is 4.64. The molecule has 0 spiro atoms. The molecule has 0 bridgehead atoms. The molecule has 0 aliphatic heterocycles. The van der Waals surface area contributed by atoms with Crippen molar-refractivity contribution in [3.05, 3.63) is 0 Å². The lowest BCUT2D eigenvalue weighted by molar-refractivity contribution is 0.258. The van der Waals surface area contributed by atoms with Gasteiger partial charge < -0.3 is 16.4 Å². The minimum Gasteiger partial charge on any atom is -0.321 e. The molecule has 0 heterocycles. The summed E-state index contributed by atoms with van der Waals surface area (Å²) in [7, 11) is 0. The monoisotopic (exact) mass is 343 g/mol. The lowest BCUT2D eigenvalue weighted by Gasteiger charge is -2.45. The highest BCUT2D eigenvalue weighted by molar-refractivity contribution is 6.25. The predicted octanol–water partition coefficient (Wildman–Crippen LogP) is 1.75. The van der Waals surface area contributed by atoms with Crippen LogP contribution in [0.25, 0.3) is 0 Å². The van der Waals surface area contributed by atoms with Gasteiger partial charge in [0.15, 0.2) is 0 Å². The maximum Gasteiger partial charge on any atom is 0.0713 e. The Bertz CT molecular complexity index is 197. The summed E-state index contributed by atoms with van der Waals surface area (Å²) in [4.78, 5) is 0. The van der Waals surface area contributed by atoms with Crippen LogP contribution in [0.3, 0.4) is 0 Å². The zero-order valence-electron chi connectivity index (χ0n) is 9.42. The standard InChI is InChI=1S/C9H18Cl5N3/c10-3-8(15,4-11)9(5-12,6-13)17-2-1-16-7-14/h16-17H,1-7,15H2. The Kier molecular flexibility index (Phi) is 9.99. The summed E-state index contributed by atoms with van der Waals surface area (Å²) in [5.41, 5.74) is 4.61. The second-order valence-electron chi connectivity index (χ2n) is 3.83. The van der Waals surface area contributed by atoms with E-state index in [2.05, 4.69) is 10.6 Å². The zero-order chi connectivity index (χ0) is 13.4. The van der Waals surface area contributed by atoms with Crippen molar-refractivity contribution in [2.75, 3.05) is 42.6 Å². The quantitative estimate of drug-likeness (QED) is 0.321. The predicted molar refractivity (Wildman–Crippen MR) is 79.3 cm³/mol. The van der Waals surface area contributed by atoms with Crippen LogP contribution >= 0.6 is 58.0 Å². The van der Waals surface area contributed by atoms with Crippen LogP contribution in [0.15, 0.2) is 0 Å². The van der Waals surface area contributed by atoms with Crippen LogP contribution in [0.5, 0.6) is 0 Å². The molecule has 8 heteroatoms. The molecule has 0 aromatic carbocycles. The average Bonchev–Trinajstić information content (AvgIpc) is 2.38. The zero-order valence-corrected chi connectivity index (χ0v) is 13.2. The summed E-state index contributed by atoms with van der Waals surface area (Å²) in [5.74, 6) is 0.804. The Morgan fingerprint density at radius 3 is 1.71 bits per heavy atom. The molecule has 0 atom stereocenters. The van der Waals surface area contributed by atoms with E-state index in [0.29, 0.717) is 19.1 Å². The van der Waals surface area contributed by atoms with Crippen molar-refractivity contribution in [1.29, 1.82) is 0 Å². The van der Waals surface area contributed by atoms with Gasteiger partial charge in [-0.15, -0.1) is 58.0 Å². The van der Waals surface area contributed by atoms with Gasteiger partial charge in [0.2, 0.25) is 0 Å². The van der Waals surface area contributed by atoms with Crippen LogP contribution in [-0.2, 0) is 0 Å². The Morgan fingerprint density at radius 2 is 1.35 bits per heavy atom. The summed E-state index contributed by atoms with van der Waals surface area (Å²) in [6.45, 7) is 1.30. The third kappa shape index (κ3) is 4.73. The van der Waals surface area contributed by atoms with Gasteiger partial charge in [-0.3, -0.25) is 0 Å². The number of nitrogens with two attached hydrogens (primary N) is 1. The van der Waals surface area contributed by atoms with Crippen LogP contribution < -0.4 is 16.4 Å². The van der Waals surface area contributed by atoms with E-state index in [4.69, 9.17) is 63.7 Å². The lowest BCUT2D eigenvalue weighted by Crippen LogP contribution is -2.72. The van der Waals surface area contributed by atoms with Crippen molar-refractivity contribution >= 4 is 58.0 Å². The van der Waals surface area contributed by atoms with Crippen LogP contribution in [0.4, 0.5) is 0 Å². The number of hydrogen-bond acceptors (Lipinski definition) is 3. The van der Waals surface area contributed by atoms with Crippen molar-refractivity contribution < 1.29 is 0 Å². The Labute approximate surface area is 128 Å². The molecule has 0 rings (SSSR count). The third-order valence-corrected chi connectivity index (χ3v) is 4.80. The molecule has 3 nitrogen and oxygen atoms in total. The third-order valence-electron chi connectivity index (χ3n) is 2.75. The highest BCUT2D eigenvalue weighted by Gasteiger charge is 2.46. The summed E-state index contributed by atoms with van der Waals surface area (Å²) in [6.07, 6.45) is 0. The molecule has 0 aromatic rings. The molecule has 0 aliphatic carbocycles. The first-order valence-corrected chi connectivity index (χ1v) is 7.77. The largest absolute Gasteiger partial charge is 0.321 e. The topological polar surface area (TPSA) is 50.1 Å². The van der Waals surface area contributed by atoms with Gasteiger partial charge in [-0.05, 0) is 0 Å². The van der Waals surface area contributed by atoms with Gasteiger partial charge in [-0.25, -0.2) is 0 Å². The van der Waals surface area contributed by atoms with Gasteiger partial charge in [-0.2, -0.15) is 0 Å². The maximum absolute atomic E-state index is 6.17. The minimum atomic E-state index is -0.861. The average molecular weight is 346 g/mol. The van der Waals surface area contributed by atoms with E-state index in [1.165, 1.54) is 0 Å². The van der Waals surface area contributed by atoms with Crippen LogP contribution in [0.1, 0.15) is 0 Å². The molecule has 4 N–H and O–H groups in total. The number of rotatable bonds is 10. The van der Waals surface area contributed by atoms with E-state index < -0.39 is 11.1 Å². The van der Waals surface area contributed by atoms with Gasteiger partial charge in [0, 0.05) is 36.6 Å². The molecule has 0 aliphatic rings. The number of nitrogens with one attached hydrogen (secondary N) is 2.